The van der Waals surface area contributed by atoms with Crippen LogP contribution >= 0.6 is 39.1 Å². The number of hydrogen-bond acceptors (Lipinski definition) is 4. The zero-order valence-electron chi connectivity index (χ0n) is 21.8. The van der Waals surface area contributed by atoms with Crippen molar-refractivity contribution < 1.29 is 18.0 Å². The van der Waals surface area contributed by atoms with E-state index in [1.807, 2.05) is 38.1 Å². The molecular formula is C28H30BrCl2N3O4S. The van der Waals surface area contributed by atoms with Crippen LogP contribution in [0.5, 0.6) is 0 Å². The predicted molar refractivity (Wildman–Crippen MR) is 159 cm³/mol. The van der Waals surface area contributed by atoms with Gasteiger partial charge in [-0.2, -0.15) is 0 Å². The molecule has 0 heterocycles. The molecule has 0 bridgehead atoms. The van der Waals surface area contributed by atoms with Crippen molar-refractivity contribution in [3.63, 3.8) is 0 Å². The second-order valence-corrected chi connectivity index (χ2v) is 13.0. The zero-order valence-corrected chi connectivity index (χ0v) is 25.7. The molecule has 39 heavy (non-hydrogen) atoms. The first-order valence-electron chi connectivity index (χ1n) is 12.2. The van der Waals surface area contributed by atoms with Crippen molar-refractivity contribution in [1.82, 2.24) is 10.2 Å². The molecule has 0 unspecified atom stereocenters. The van der Waals surface area contributed by atoms with Gasteiger partial charge in [0.05, 0.1) is 15.6 Å². The fourth-order valence-corrected chi connectivity index (χ4v) is 6.24. The van der Waals surface area contributed by atoms with Crippen LogP contribution in [0.2, 0.25) is 10.0 Å². The lowest BCUT2D eigenvalue weighted by Gasteiger charge is -2.32. The fourth-order valence-electron chi connectivity index (χ4n) is 3.78. The number of rotatable bonds is 11. The third-order valence-corrected chi connectivity index (χ3v) is 8.69. The summed E-state index contributed by atoms with van der Waals surface area (Å²) in [5.74, 6) is -0.698. The number of anilines is 1. The average molecular weight is 655 g/mol. The third-order valence-electron chi connectivity index (χ3n) is 5.88. The van der Waals surface area contributed by atoms with Crippen LogP contribution in [0.25, 0.3) is 0 Å². The molecular weight excluding hydrogens is 625 g/mol. The molecule has 0 aliphatic rings. The molecule has 1 atom stereocenters. The lowest BCUT2D eigenvalue weighted by Crippen LogP contribution is -2.51. The van der Waals surface area contributed by atoms with E-state index >= 15 is 0 Å². The SMILES string of the molecule is CC(C)CNC(=O)[C@H](C)N(Cc1cccc(Br)c1)C(=O)CN(c1ccc(Cl)cc1Cl)S(=O)(=O)c1ccccc1. The van der Waals surface area contributed by atoms with E-state index in [-0.39, 0.29) is 34.0 Å². The summed E-state index contributed by atoms with van der Waals surface area (Å²) in [6.45, 7) is 5.50. The number of carbonyl (C=O) groups is 2. The summed E-state index contributed by atoms with van der Waals surface area (Å²) < 4.78 is 29.3. The number of nitrogens with one attached hydrogen (secondary N) is 1. The van der Waals surface area contributed by atoms with Crippen LogP contribution in [0.3, 0.4) is 0 Å². The van der Waals surface area contributed by atoms with Gasteiger partial charge in [-0.15, -0.1) is 0 Å². The predicted octanol–water partition coefficient (Wildman–Crippen LogP) is 6.14. The molecule has 208 valence electrons. The molecule has 0 aromatic heterocycles. The van der Waals surface area contributed by atoms with Crippen molar-refractivity contribution in [2.75, 3.05) is 17.4 Å². The van der Waals surface area contributed by atoms with Gasteiger partial charge < -0.3 is 10.2 Å². The van der Waals surface area contributed by atoms with Gasteiger partial charge in [0.25, 0.3) is 10.0 Å². The highest BCUT2D eigenvalue weighted by Gasteiger charge is 2.33. The number of benzene rings is 3. The maximum atomic E-state index is 13.9. The largest absolute Gasteiger partial charge is 0.354 e. The quantitative estimate of drug-likeness (QED) is 0.269. The van der Waals surface area contributed by atoms with Gasteiger partial charge in [0.15, 0.2) is 0 Å². The van der Waals surface area contributed by atoms with Crippen LogP contribution in [0.1, 0.15) is 26.3 Å². The van der Waals surface area contributed by atoms with Gasteiger partial charge in [-0.3, -0.25) is 13.9 Å². The van der Waals surface area contributed by atoms with E-state index in [1.165, 1.54) is 35.2 Å². The maximum absolute atomic E-state index is 13.9. The summed E-state index contributed by atoms with van der Waals surface area (Å²) in [5.41, 5.74) is 0.862. The Labute approximate surface area is 248 Å². The molecule has 0 radical (unpaired) electrons. The van der Waals surface area contributed by atoms with E-state index in [0.29, 0.717) is 11.6 Å². The second kappa shape index (κ2) is 13.7. The molecule has 3 rings (SSSR count). The number of hydrogen-bond donors (Lipinski definition) is 1. The summed E-state index contributed by atoms with van der Waals surface area (Å²) in [5, 5.41) is 3.25. The maximum Gasteiger partial charge on any atom is 0.264 e. The number of sulfonamides is 1. The normalized spacial score (nSPS) is 12.2. The highest BCUT2D eigenvalue weighted by atomic mass is 79.9. The van der Waals surface area contributed by atoms with Crippen LogP contribution in [0.4, 0.5) is 5.69 Å². The Morgan fingerprint density at radius 1 is 0.949 bits per heavy atom. The molecule has 0 saturated heterocycles. The molecule has 1 N–H and O–H groups in total. The van der Waals surface area contributed by atoms with Crippen LogP contribution < -0.4 is 9.62 Å². The molecule has 2 amide bonds. The van der Waals surface area contributed by atoms with Gasteiger partial charge in [-0.05, 0) is 60.9 Å². The van der Waals surface area contributed by atoms with E-state index in [9.17, 15) is 18.0 Å². The summed E-state index contributed by atoms with van der Waals surface area (Å²) in [6, 6.07) is 18.6. The van der Waals surface area contributed by atoms with Gasteiger partial charge in [0.1, 0.15) is 12.6 Å². The van der Waals surface area contributed by atoms with E-state index < -0.39 is 28.5 Å². The van der Waals surface area contributed by atoms with E-state index in [4.69, 9.17) is 23.2 Å². The highest BCUT2D eigenvalue weighted by molar-refractivity contribution is 9.10. The monoisotopic (exact) mass is 653 g/mol. The molecule has 3 aromatic rings. The summed E-state index contributed by atoms with van der Waals surface area (Å²) in [6.07, 6.45) is 0. The zero-order chi connectivity index (χ0) is 28.7. The number of carbonyl (C=O) groups excluding carboxylic acids is 2. The minimum atomic E-state index is -4.21. The average Bonchev–Trinajstić information content (AvgIpc) is 2.89. The molecule has 11 heteroatoms. The first kappa shape index (κ1) is 30.9. The molecule has 7 nitrogen and oxygen atoms in total. The molecule has 0 saturated carbocycles. The molecule has 0 aliphatic heterocycles. The Bertz CT molecular complexity index is 1420. The smallest absolute Gasteiger partial charge is 0.264 e. The van der Waals surface area contributed by atoms with Gasteiger partial charge in [-0.25, -0.2) is 8.42 Å². The van der Waals surface area contributed by atoms with E-state index in [1.54, 1.807) is 25.1 Å². The number of amides is 2. The van der Waals surface area contributed by atoms with Crippen molar-refractivity contribution in [3.8, 4) is 0 Å². The minimum Gasteiger partial charge on any atom is -0.354 e. The van der Waals surface area contributed by atoms with E-state index in [2.05, 4.69) is 21.2 Å². The fraction of sp³-hybridized carbons (Fsp3) is 0.286. The van der Waals surface area contributed by atoms with Gasteiger partial charge in [0.2, 0.25) is 11.8 Å². The number of halogens is 3. The van der Waals surface area contributed by atoms with Crippen LogP contribution in [-0.2, 0) is 26.2 Å². The molecule has 0 fully saturated rings. The van der Waals surface area contributed by atoms with Crippen molar-refractivity contribution in [1.29, 1.82) is 0 Å². The Kier molecular flexibility index (Phi) is 10.8. The lowest BCUT2D eigenvalue weighted by molar-refractivity contribution is -0.139. The first-order chi connectivity index (χ1) is 18.4. The van der Waals surface area contributed by atoms with Gasteiger partial charge in [-0.1, -0.05) is 83.3 Å². The van der Waals surface area contributed by atoms with Gasteiger partial charge >= 0.3 is 0 Å². The van der Waals surface area contributed by atoms with Crippen LogP contribution in [0.15, 0.2) is 82.2 Å². The molecule has 0 spiro atoms. The Morgan fingerprint density at radius 3 is 2.26 bits per heavy atom. The van der Waals surface area contributed by atoms with Crippen LogP contribution in [-0.4, -0.2) is 44.3 Å². The highest BCUT2D eigenvalue weighted by Crippen LogP contribution is 2.33. The summed E-state index contributed by atoms with van der Waals surface area (Å²) >= 11 is 15.9. The topological polar surface area (TPSA) is 86.8 Å². The molecule has 3 aromatic carbocycles. The van der Waals surface area contributed by atoms with Crippen LogP contribution in [0, 0.1) is 5.92 Å². The van der Waals surface area contributed by atoms with Crippen molar-refractivity contribution >= 4 is 66.7 Å². The summed E-state index contributed by atoms with van der Waals surface area (Å²) in [4.78, 5) is 28.3. The second-order valence-electron chi connectivity index (χ2n) is 9.39. The van der Waals surface area contributed by atoms with Gasteiger partial charge in [0, 0.05) is 22.6 Å². The standard InChI is InChI=1S/C28H30BrCl2N3O4S/c1-19(2)16-32-28(36)20(3)33(17-21-8-7-9-22(29)14-21)27(35)18-34(26-13-12-23(30)15-25(26)31)39(37,38)24-10-5-4-6-11-24/h4-15,19-20H,16-18H2,1-3H3,(H,32,36)/t20-/m0/s1. The van der Waals surface area contributed by atoms with E-state index in [0.717, 1.165) is 14.3 Å². The minimum absolute atomic E-state index is 0.00918. The summed E-state index contributed by atoms with van der Waals surface area (Å²) in [7, 11) is -4.21. The lowest BCUT2D eigenvalue weighted by atomic mass is 10.1. The first-order valence-corrected chi connectivity index (χ1v) is 15.2. The Hall–Kier alpha value is -2.59. The van der Waals surface area contributed by atoms with Crippen molar-refractivity contribution in [2.45, 2.75) is 38.3 Å². The Balaban J connectivity index is 2.03. The molecule has 0 aliphatic carbocycles. The van der Waals surface area contributed by atoms with Crippen molar-refractivity contribution in [3.05, 3.63) is 92.9 Å². The number of nitrogens with zero attached hydrogens (tertiary/aromatic N) is 2. The third kappa shape index (κ3) is 8.20. The van der Waals surface area contributed by atoms with Crippen molar-refractivity contribution in [2.24, 2.45) is 5.92 Å². The Morgan fingerprint density at radius 2 is 1.64 bits per heavy atom.